The van der Waals surface area contributed by atoms with Crippen LogP contribution in [0.5, 0.6) is 5.75 Å². The number of nitrogens with one attached hydrogen (secondary N) is 1. The monoisotopic (exact) mass is 462 g/mol. The molecule has 10 heteroatoms. The zero-order valence-electron chi connectivity index (χ0n) is 18.9. The third-order valence-electron chi connectivity index (χ3n) is 5.34. The molecule has 1 saturated heterocycles. The maximum Gasteiger partial charge on any atom is 0.248 e. The average Bonchev–Trinajstić information content (AvgIpc) is 3.17. The Morgan fingerprint density at radius 3 is 2.72 bits per heavy atom. The van der Waals surface area contributed by atoms with Gasteiger partial charge in [0.1, 0.15) is 11.4 Å². The minimum Gasteiger partial charge on any atom is -0.497 e. The van der Waals surface area contributed by atoms with Gasteiger partial charge in [-0.05, 0) is 37.5 Å². The Morgan fingerprint density at radius 1 is 1.34 bits per heavy atom. The second kappa shape index (κ2) is 10.2. The summed E-state index contributed by atoms with van der Waals surface area (Å²) in [7, 11) is 1.40. The number of rotatable bonds is 8. The first-order chi connectivity index (χ1) is 15.2. The molecule has 0 saturated carbocycles. The predicted molar refractivity (Wildman–Crippen MR) is 120 cm³/mol. The van der Waals surface area contributed by atoms with Crippen molar-refractivity contribution in [3.05, 3.63) is 47.5 Å². The molecule has 1 aliphatic rings. The van der Waals surface area contributed by atoms with Gasteiger partial charge < -0.3 is 19.5 Å². The lowest BCUT2D eigenvalue weighted by Crippen LogP contribution is -2.45. The molecule has 0 bridgehead atoms. The van der Waals surface area contributed by atoms with E-state index in [9.17, 15) is 13.2 Å². The van der Waals surface area contributed by atoms with Crippen molar-refractivity contribution in [3.63, 3.8) is 0 Å². The molecule has 32 heavy (non-hydrogen) atoms. The largest absolute Gasteiger partial charge is 0.497 e. The first-order valence-electron chi connectivity index (χ1n) is 10.4. The van der Waals surface area contributed by atoms with E-state index in [-0.39, 0.29) is 23.1 Å². The number of amides is 1. The lowest BCUT2D eigenvalue weighted by atomic mass is 9.99. The molecule has 0 spiro atoms. The van der Waals surface area contributed by atoms with E-state index in [2.05, 4.69) is 10.5 Å². The average molecular weight is 463 g/mol. The quantitative estimate of drug-likeness (QED) is 0.641. The van der Waals surface area contributed by atoms with Crippen LogP contribution < -0.4 is 10.1 Å². The Labute approximate surface area is 189 Å². The van der Waals surface area contributed by atoms with Crippen LogP contribution in [-0.4, -0.2) is 63.0 Å². The van der Waals surface area contributed by atoms with Crippen LogP contribution in [-0.2, 0) is 21.4 Å². The highest BCUT2D eigenvalue weighted by Crippen LogP contribution is 2.29. The van der Waals surface area contributed by atoms with Crippen LogP contribution in [0.3, 0.4) is 0 Å². The van der Waals surface area contributed by atoms with Crippen LogP contribution in [0.2, 0.25) is 0 Å². The van der Waals surface area contributed by atoms with Crippen molar-refractivity contribution in [2.24, 2.45) is 5.92 Å². The van der Waals surface area contributed by atoms with E-state index in [0.29, 0.717) is 31.6 Å². The molecule has 1 aromatic heterocycles. The van der Waals surface area contributed by atoms with E-state index in [4.69, 9.17) is 9.26 Å². The molecule has 3 rings (SSSR count). The van der Waals surface area contributed by atoms with Crippen LogP contribution >= 0.6 is 0 Å². The smallest absolute Gasteiger partial charge is 0.248 e. The molecule has 174 valence electrons. The second-order valence-electron chi connectivity index (χ2n) is 8.01. The summed E-state index contributed by atoms with van der Waals surface area (Å²) in [6.45, 7) is 2.45. The van der Waals surface area contributed by atoms with Gasteiger partial charge in [0.2, 0.25) is 15.9 Å². The highest BCUT2D eigenvalue weighted by Gasteiger charge is 2.36. The van der Waals surface area contributed by atoms with Gasteiger partial charge in [0.05, 0.1) is 13.0 Å². The third-order valence-corrected chi connectivity index (χ3v) is 7.36. The van der Waals surface area contributed by atoms with E-state index in [0.717, 1.165) is 11.3 Å². The molecule has 1 N–H and O–H groups in total. The molecule has 2 heterocycles. The molecule has 0 aliphatic carbocycles. The zero-order chi connectivity index (χ0) is 23.3. The Bertz CT molecular complexity index is 1060. The number of carbonyl (C=O) groups excluding carboxylic acids is 1. The fourth-order valence-corrected chi connectivity index (χ4v) is 5.37. The van der Waals surface area contributed by atoms with Crippen molar-refractivity contribution in [1.82, 2.24) is 19.7 Å². The molecular formula is C22H30N4O5S. The minimum atomic E-state index is -3.86. The number of methoxy groups -OCH3 is 1. The Morgan fingerprint density at radius 2 is 2.06 bits per heavy atom. The summed E-state index contributed by atoms with van der Waals surface area (Å²) in [5.74, 6) is 0.354. The fraction of sp³-hybridized carbons (Fsp3) is 0.455. The SMILES string of the molecule is COc1ccc(CNC(=O)C2CCCN(S(=O)(=O)c3c(C)noc3/C=C/N(C)C)C2)cc1. The van der Waals surface area contributed by atoms with Crippen LogP contribution in [0.4, 0.5) is 0 Å². The highest BCUT2D eigenvalue weighted by atomic mass is 32.2. The molecule has 1 fully saturated rings. The molecule has 1 atom stereocenters. The van der Waals surface area contributed by atoms with Gasteiger partial charge in [-0.15, -0.1) is 0 Å². The molecule has 1 amide bonds. The summed E-state index contributed by atoms with van der Waals surface area (Å²) in [6, 6.07) is 7.43. The fourth-order valence-electron chi connectivity index (χ4n) is 3.60. The number of ether oxygens (including phenoxy) is 1. The van der Waals surface area contributed by atoms with E-state index >= 15 is 0 Å². The van der Waals surface area contributed by atoms with Crippen LogP contribution in [0.1, 0.15) is 29.9 Å². The first-order valence-corrected chi connectivity index (χ1v) is 11.9. The number of nitrogens with zero attached hydrogens (tertiary/aromatic N) is 3. The summed E-state index contributed by atoms with van der Waals surface area (Å²) in [4.78, 5) is 14.6. The summed E-state index contributed by atoms with van der Waals surface area (Å²) in [5.41, 5.74) is 1.24. The highest BCUT2D eigenvalue weighted by molar-refractivity contribution is 7.89. The molecule has 1 aliphatic heterocycles. The van der Waals surface area contributed by atoms with Gasteiger partial charge in [-0.3, -0.25) is 4.79 Å². The Balaban J connectivity index is 1.69. The summed E-state index contributed by atoms with van der Waals surface area (Å²) in [5, 5.41) is 6.77. The van der Waals surface area contributed by atoms with Gasteiger partial charge in [-0.25, -0.2) is 8.42 Å². The number of sulfonamides is 1. The van der Waals surface area contributed by atoms with Crippen molar-refractivity contribution in [2.45, 2.75) is 31.2 Å². The van der Waals surface area contributed by atoms with E-state index < -0.39 is 15.9 Å². The number of aryl methyl sites for hydroxylation is 1. The maximum absolute atomic E-state index is 13.4. The van der Waals surface area contributed by atoms with Crippen molar-refractivity contribution in [2.75, 3.05) is 34.3 Å². The van der Waals surface area contributed by atoms with Crippen LogP contribution in [0.15, 0.2) is 39.9 Å². The first kappa shape index (κ1) is 23.8. The van der Waals surface area contributed by atoms with Crippen LogP contribution in [0, 0.1) is 12.8 Å². The summed E-state index contributed by atoms with van der Waals surface area (Å²) in [6.07, 6.45) is 4.52. The van der Waals surface area contributed by atoms with Crippen molar-refractivity contribution in [3.8, 4) is 5.75 Å². The van der Waals surface area contributed by atoms with Gasteiger partial charge >= 0.3 is 0 Å². The van der Waals surface area contributed by atoms with E-state index in [1.54, 1.807) is 31.2 Å². The van der Waals surface area contributed by atoms with Gasteiger partial charge in [-0.2, -0.15) is 4.31 Å². The Hall–Kier alpha value is -2.85. The maximum atomic E-state index is 13.4. The molecular weight excluding hydrogens is 432 g/mol. The summed E-state index contributed by atoms with van der Waals surface area (Å²) >= 11 is 0. The normalized spacial score (nSPS) is 17.4. The zero-order valence-corrected chi connectivity index (χ0v) is 19.7. The molecule has 1 unspecified atom stereocenters. The summed E-state index contributed by atoms with van der Waals surface area (Å²) < 4.78 is 38.5. The van der Waals surface area contributed by atoms with E-state index in [1.807, 2.05) is 38.4 Å². The van der Waals surface area contributed by atoms with Gasteiger partial charge in [0.15, 0.2) is 10.7 Å². The lowest BCUT2D eigenvalue weighted by Gasteiger charge is -2.31. The molecule has 9 nitrogen and oxygen atoms in total. The number of piperidine rings is 1. The predicted octanol–water partition coefficient (Wildman–Crippen LogP) is 2.24. The standard InChI is InChI=1S/C22H30N4O5S/c1-16-21(20(31-24-16)11-13-25(2)3)32(28,29)26-12-5-6-18(15-26)22(27)23-14-17-7-9-19(30-4)10-8-17/h7-11,13,18H,5-6,12,14-15H2,1-4H3,(H,23,27)/b13-11+. The van der Waals surface area contributed by atoms with Crippen molar-refractivity contribution < 1.29 is 22.5 Å². The number of hydrogen-bond acceptors (Lipinski definition) is 7. The second-order valence-corrected chi connectivity index (χ2v) is 9.88. The number of carbonyl (C=O) groups is 1. The number of hydrogen-bond donors (Lipinski definition) is 1. The minimum absolute atomic E-state index is 0.0508. The third kappa shape index (κ3) is 5.49. The molecule has 1 aromatic carbocycles. The van der Waals surface area contributed by atoms with E-state index in [1.165, 1.54) is 4.31 Å². The number of aromatic nitrogens is 1. The van der Waals surface area contributed by atoms with Crippen LogP contribution in [0.25, 0.3) is 6.08 Å². The van der Waals surface area contributed by atoms with Gasteiger partial charge in [0, 0.05) is 46.0 Å². The molecule has 0 radical (unpaired) electrons. The number of benzene rings is 1. The molecule has 2 aromatic rings. The van der Waals surface area contributed by atoms with Crippen molar-refractivity contribution >= 4 is 22.0 Å². The topological polar surface area (TPSA) is 105 Å². The van der Waals surface area contributed by atoms with Crippen molar-refractivity contribution in [1.29, 1.82) is 0 Å². The van der Waals surface area contributed by atoms with Gasteiger partial charge in [0.25, 0.3) is 0 Å². The lowest BCUT2D eigenvalue weighted by molar-refractivity contribution is -0.126. The van der Waals surface area contributed by atoms with Gasteiger partial charge in [-0.1, -0.05) is 17.3 Å². The Kier molecular flexibility index (Phi) is 7.57.